The van der Waals surface area contributed by atoms with E-state index in [1.807, 2.05) is 12.3 Å². The first-order chi connectivity index (χ1) is 10.1. The molecule has 7 heteroatoms. The highest BCUT2D eigenvalue weighted by atomic mass is 32.1. The number of rotatable bonds is 4. The van der Waals surface area contributed by atoms with Crippen LogP contribution < -0.4 is 10.6 Å². The minimum atomic E-state index is -0.822. The Kier molecular flexibility index (Phi) is 5.55. The van der Waals surface area contributed by atoms with Gasteiger partial charge in [-0.1, -0.05) is 19.3 Å². The zero-order valence-electron chi connectivity index (χ0n) is 12.1. The molecular formula is C14H21N3O3S. The molecule has 1 aliphatic carbocycles. The first-order valence-corrected chi connectivity index (χ1v) is 8.12. The number of nitrogens with one attached hydrogen (secondary N) is 2. The molecule has 0 aromatic carbocycles. The molecular weight excluding hydrogens is 290 g/mol. The zero-order chi connectivity index (χ0) is 15.2. The van der Waals surface area contributed by atoms with E-state index in [2.05, 4.69) is 15.6 Å². The summed E-state index contributed by atoms with van der Waals surface area (Å²) in [5.74, 6) is -1.31. The Labute approximate surface area is 128 Å². The Bertz CT molecular complexity index is 503. The Morgan fingerprint density at radius 2 is 2.14 bits per heavy atom. The molecule has 2 amide bonds. The molecule has 0 saturated heterocycles. The number of hydrogen-bond donors (Lipinski definition) is 3. The van der Waals surface area contributed by atoms with Gasteiger partial charge in [-0.25, -0.2) is 9.78 Å². The van der Waals surface area contributed by atoms with Gasteiger partial charge in [0.1, 0.15) is 0 Å². The maximum atomic E-state index is 11.9. The monoisotopic (exact) mass is 311 g/mol. The van der Waals surface area contributed by atoms with E-state index in [-0.39, 0.29) is 12.1 Å². The van der Waals surface area contributed by atoms with Crippen LogP contribution in [0, 0.1) is 12.8 Å². The standard InChI is InChI=1S/C14H21N3O3S/c1-9-16-10(8-21-9)7-15-14(20)17-12-6-4-2-3-5-11(12)13(18)19/h8,11-12H,2-7H2,1H3,(H,18,19)(H2,15,17,20). The van der Waals surface area contributed by atoms with Gasteiger partial charge >= 0.3 is 12.0 Å². The lowest BCUT2D eigenvalue weighted by molar-refractivity contribution is -0.142. The maximum Gasteiger partial charge on any atom is 0.315 e. The summed E-state index contributed by atoms with van der Waals surface area (Å²) >= 11 is 1.54. The minimum absolute atomic E-state index is 0.290. The Balaban J connectivity index is 1.85. The third kappa shape index (κ3) is 4.70. The van der Waals surface area contributed by atoms with Crippen LogP contribution in [-0.4, -0.2) is 28.1 Å². The van der Waals surface area contributed by atoms with Gasteiger partial charge in [0, 0.05) is 11.4 Å². The highest BCUT2D eigenvalue weighted by Gasteiger charge is 2.30. The lowest BCUT2D eigenvalue weighted by atomic mass is 9.95. The van der Waals surface area contributed by atoms with Crippen molar-refractivity contribution in [1.29, 1.82) is 0 Å². The number of aromatic nitrogens is 1. The summed E-state index contributed by atoms with van der Waals surface area (Å²) in [5, 5.41) is 17.7. The van der Waals surface area contributed by atoms with E-state index in [4.69, 9.17) is 0 Å². The largest absolute Gasteiger partial charge is 0.481 e. The molecule has 6 nitrogen and oxygen atoms in total. The first kappa shape index (κ1) is 15.8. The molecule has 0 bridgehead atoms. The van der Waals surface area contributed by atoms with Crippen LogP contribution in [0.2, 0.25) is 0 Å². The SMILES string of the molecule is Cc1nc(CNC(=O)NC2CCCCCC2C(=O)O)cs1. The smallest absolute Gasteiger partial charge is 0.315 e. The summed E-state index contributed by atoms with van der Waals surface area (Å²) < 4.78 is 0. The lowest BCUT2D eigenvalue weighted by Crippen LogP contribution is -2.47. The second-order valence-electron chi connectivity index (χ2n) is 5.37. The topological polar surface area (TPSA) is 91.3 Å². The van der Waals surface area contributed by atoms with Gasteiger partial charge in [-0.05, 0) is 19.8 Å². The van der Waals surface area contributed by atoms with Gasteiger partial charge in [-0.3, -0.25) is 4.79 Å². The summed E-state index contributed by atoms with van der Waals surface area (Å²) in [6.07, 6.45) is 4.25. The van der Waals surface area contributed by atoms with Gasteiger partial charge in [0.2, 0.25) is 0 Å². The second kappa shape index (κ2) is 7.40. The quantitative estimate of drug-likeness (QED) is 0.744. The predicted octanol–water partition coefficient (Wildman–Crippen LogP) is 2.28. The number of nitrogens with zero attached hydrogens (tertiary/aromatic N) is 1. The molecule has 1 aromatic heterocycles. The van der Waals surface area contributed by atoms with E-state index >= 15 is 0 Å². The van der Waals surface area contributed by atoms with Crippen LogP contribution in [0.5, 0.6) is 0 Å². The number of thiazole rings is 1. The van der Waals surface area contributed by atoms with Gasteiger partial charge in [-0.2, -0.15) is 0 Å². The number of aliphatic carboxylic acids is 1. The molecule has 1 fully saturated rings. The summed E-state index contributed by atoms with van der Waals surface area (Å²) in [6, 6.07) is -0.610. The molecule has 1 saturated carbocycles. The molecule has 1 heterocycles. The molecule has 1 aromatic rings. The van der Waals surface area contributed by atoms with E-state index in [9.17, 15) is 14.7 Å². The highest BCUT2D eigenvalue weighted by Crippen LogP contribution is 2.23. The van der Waals surface area contributed by atoms with E-state index < -0.39 is 11.9 Å². The van der Waals surface area contributed by atoms with Crippen molar-refractivity contribution in [3.05, 3.63) is 16.1 Å². The predicted molar refractivity (Wildman–Crippen MR) is 80.2 cm³/mol. The molecule has 1 aliphatic rings. The fourth-order valence-corrected chi connectivity index (χ4v) is 3.27. The van der Waals surface area contributed by atoms with Gasteiger partial charge < -0.3 is 15.7 Å². The zero-order valence-corrected chi connectivity index (χ0v) is 12.9. The fourth-order valence-electron chi connectivity index (χ4n) is 2.66. The Hall–Kier alpha value is -1.63. The van der Waals surface area contributed by atoms with Crippen molar-refractivity contribution in [2.45, 2.75) is 51.6 Å². The summed E-state index contributed by atoms with van der Waals surface area (Å²) in [6.45, 7) is 2.28. The van der Waals surface area contributed by atoms with Crippen LogP contribution >= 0.6 is 11.3 Å². The molecule has 21 heavy (non-hydrogen) atoms. The number of aryl methyl sites for hydroxylation is 1. The van der Waals surface area contributed by atoms with E-state index in [0.717, 1.165) is 36.4 Å². The molecule has 3 N–H and O–H groups in total. The van der Waals surface area contributed by atoms with E-state index in [1.54, 1.807) is 0 Å². The van der Waals surface area contributed by atoms with Crippen molar-refractivity contribution in [1.82, 2.24) is 15.6 Å². The molecule has 0 radical (unpaired) electrons. The minimum Gasteiger partial charge on any atom is -0.481 e. The lowest BCUT2D eigenvalue weighted by Gasteiger charge is -2.22. The van der Waals surface area contributed by atoms with Crippen molar-refractivity contribution in [3.8, 4) is 0 Å². The van der Waals surface area contributed by atoms with Crippen LogP contribution in [-0.2, 0) is 11.3 Å². The average Bonchev–Trinajstić information content (AvgIpc) is 2.70. The van der Waals surface area contributed by atoms with E-state index in [1.165, 1.54) is 11.3 Å². The van der Waals surface area contributed by atoms with Gasteiger partial charge in [-0.15, -0.1) is 11.3 Å². The highest BCUT2D eigenvalue weighted by molar-refractivity contribution is 7.09. The summed E-state index contributed by atoms with van der Waals surface area (Å²) in [5.41, 5.74) is 0.823. The maximum absolute atomic E-state index is 11.9. The number of carbonyl (C=O) groups is 2. The number of urea groups is 1. The molecule has 2 atom stereocenters. The summed E-state index contributed by atoms with van der Waals surface area (Å²) in [7, 11) is 0. The van der Waals surface area contributed by atoms with Crippen LogP contribution in [0.1, 0.15) is 42.8 Å². The first-order valence-electron chi connectivity index (χ1n) is 7.24. The second-order valence-corrected chi connectivity index (χ2v) is 6.44. The van der Waals surface area contributed by atoms with Gasteiger partial charge in [0.25, 0.3) is 0 Å². The van der Waals surface area contributed by atoms with Crippen LogP contribution in [0.15, 0.2) is 5.38 Å². The average molecular weight is 311 g/mol. The number of carboxylic acid groups (broad SMARTS) is 1. The third-order valence-corrected chi connectivity index (χ3v) is 4.57. The Morgan fingerprint density at radius 3 is 2.81 bits per heavy atom. The van der Waals surface area contributed by atoms with Crippen molar-refractivity contribution in [2.24, 2.45) is 5.92 Å². The van der Waals surface area contributed by atoms with Crippen LogP contribution in [0.4, 0.5) is 4.79 Å². The van der Waals surface area contributed by atoms with E-state index in [0.29, 0.717) is 13.0 Å². The summed E-state index contributed by atoms with van der Waals surface area (Å²) in [4.78, 5) is 27.5. The van der Waals surface area contributed by atoms with Gasteiger partial charge in [0.15, 0.2) is 0 Å². The van der Waals surface area contributed by atoms with Crippen LogP contribution in [0.3, 0.4) is 0 Å². The fraction of sp³-hybridized carbons (Fsp3) is 0.643. The molecule has 2 rings (SSSR count). The van der Waals surface area contributed by atoms with Crippen molar-refractivity contribution in [2.75, 3.05) is 0 Å². The normalized spacial score (nSPS) is 22.3. The molecule has 0 aliphatic heterocycles. The number of carbonyl (C=O) groups excluding carboxylic acids is 1. The number of hydrogen-bond acceptors (Lipinski definition) is 4. The number of amides is 2. The molecule has 0 spiro atoms. The molecule has 2 unspecified atom stereocenters. The van der Waals surface area contributed by atoms with Crippen LogP contribution in [0.25, 0.3) is 0 Å². The Morgan fingerprint density at radius 1 is 1.38 bits per heavy atom. The van der Waals surface area contributed by atoms with Crippen molar-refractivity contribution < 1.29 is 14.7 Å². The van der Waals surface area contributed by atoms with Gasteiger partial charge in [0.05, 0.1) is 23.2 Å². The van der Waals surface area contributed by atoms with Crippen molar-refractivity contribution in [3.63, 3.8) is 0 Å². The third-order valence-electron chi connectivity index (χ3n) is 3.75. The number of carboxylic acids is 1. The van der Waals surface area contributed by atoms with Crippen molar-refractivity contribution >= 4 is 23.3 Å². The molecule has 116 valence electrons.